The second-order valence-electron chi connectivity index (χ2n) is 5.73. The summed E-state index contributed by atoms with van der Waals surface area (Å²) in [4.78, 5) is 16.6. The Morgan fingerprint density at radius 2 is 2.04 bits per heavy atom. The number of halogens is 3. The molecular formula is C16H16F3N3O. The van der Waals surface area contributed by atoms with Crippen LogP contribution in [-0.4, -0.2) is 15.5 Å². The maximum Gasteiger partial charge on any atom is 0.417 e. The molecule has 1 heterocycles. The van der Waals surface area contributed by atoms with Crippen molar-refractivity contribution in [1.29, 1.82) is 0 Å². The molecule has 23 heavy (non-hydrogen) atoms. The van der Waals surface area contributed by atoms with E-state index in [0.717, 1.165) is 18.9 Å². The Balaban J connectivity index is 1.88. The van der Waals surface area contributed by atoms with Crippen LogP contribution >= 0.6 is 0 Å². The van der Waals surface area contributed by atoms with Crippen molar-refractivity contribution in [2.24, 2.45) is 13.0 Å². The lowest BCUT2D eigenvalue weighted by Crippen LogP contribution is -2.33. The summed E-state index contributed by atoms with van der Waals surface area (Å²) in [5, 5.41) is 2.73. The van der Waals surface area contributed by atoms with Crippen LogP contribution in [0.15, 0.2) is 36.7 Å². The van der Waals surface area contributed by atoms with Gasteiger partial charge in [0.05, 0.1) is 17.2 Å². The third kappa shape index (κ3) is 3.23. The fourth-order valence-electron chi connectivity index (χ4n) is 2.65. The van der Waals surface area contributed by atoms with E-state index in [9.17, 15) is 18.0 Å². The largest absolute Gasteiger partial charge is 0.417 e. The van der Waals surface area contributed by atoms with E-state index in [1.54, 1.807) is 24.0 Å². The molecule has 1 N–H and O–H groups in total. The van der Waals surface area contributed by atoms with Gasteiger partial charge in [0.25, 0.3) is 5.91 Å². The summed E-state index contributed by atoms with van der Waals surface area (Å²) < 4.78 is 41.0. The number of aromatic nitrogens is 2. The molecule has 1 saturated carbocycles. The molecule has 2 aromatic rings. The van der Waals surface area contributed by atoms with E-state index in [1.165, 1.54) is 18.2 Å². The summed E-state index contributed by atoms with van der Waals surface area (Å²) in [6.07, 6.45) is 0.657. The van der Waals surface area contributed by atoms with Crippen LogP contribution in [0.4, 0.5) is 13.2 Å². The highest BCUT2D eigenvalue weighted by atomic mass is 19.4. The van der Waals surface area contributed by atoms with E-state index in [4.69, 9.17) is 0 Å². The van der Waals surface area contributed by atoms with Gasteiger partial charge in [-0.25, -0.2) is 4.98 Å². The Hall–Kier alpha value is -2.31. The zero-order chi connectivity index (χ0) is 16.6. The van der Waals surface area contributed by atoms with Crippen LogP contribution in [0.25, 0.3) is 0 Å². The van der Waals surface area contributed by atoms with Crippen molar-refractivity contribution in [2.75, 3.05) is 0 Å². The van der Waals surface area contributed by atoms with Crippen LogP contribution < -0.4 is 5.32 Å². The Labute approximate surface area is 131 Å². The fourth-order valence-corrected chi connectivity index (χ4v) is 2.65. The summed E-state index contributed by atoms with van der Waals surface area (Å²) in [6, 6.07) is 4.44. The second kappa shape index (κ2) is 5.72. The van der Waals surface area contributed by atoms with Gasteiger partial charge >= 0.3 is 6.18 Å². The average molecular weight is 323 g/mol. The molecule has 1 aliphatic rings. The molecule has 122 valence electrons. The predicted octanol–water partition coefficient (Wildman–Crippen LogP) is 3.32. The van der Waals surface area contributed by atoms with E-state index < -0.39 is 17.6 Å². The quantitative estimate of drug-likeness (QED) is 0.938. The number of benzene rings is 1. The molecule has 1 aromatic heterocycles. The topological polar surface area (TPSA) is 46.9 Å². The van der Waals surface area contributed by atoms with Crippen LogP contribution in [0, 0.1) is 5.92 Å². The van der Waals surface area contributed by atoms with Crippen LogP contribution in [0.3, 0.4) is 0 Å². The molecule has 1 aromatic carbocycles. The third-order valence-corrected chi connectivity index (χ3v) is 3.99. The lowest BCUT2D eigenvalue weighted by Gasteiger charge is -2.19. The minimum Gasteiger partial charge on any atom is -0.342 e. The number of nitrogens with zero attached hydrogens (tertiary/aromatic N) is 2. The lowest BCUT2D eigenvalue weighted by molar-refractivity contribution is -0.137. The minimum atomic E-state index is -4.56. The zero-order valence-electron chi connectivity index (χ0n) is 12.5. The van der Waals surface area contributed by atoms with Crippen LogP contribution in [-0.2, 0) is 13.2 Å². The summed E-state index contributed by atoms with van der Waals surface area (Å²) in [5.74, 6) is 0.154. The second-order valence-corrected chi connectivity index (χ2v) is 5.73. The van der Waals surface area contributed by atoms with Crippen LogP contribution in [0.2, 0.25) is 0 Å². The number of imidazole rings is 1. The van der Waals surface area contributed by atoms with Gasteiger partial charge < -0.3 is 9.88 Å². The van der Waals surface area contributed by atoms with Crippen LogP contribution in [0.5, 0.6) is 0 Å². The number of hydrogen-bond acceptors (Lipinski definition) is 2. The highest BCUT2D eigenvalue weighted by molar-refractivity contribution is 5.96. The SMILES string of the molecule is Cn1ccnc1[C@H](NC(=O)c1ccccc1C(F)(F)F)C1CC1. The van der Waals surface area contributed by atoms with E-state index in [1.807, 2.05) is 0 Å². The minimum absolute atomic E-state index is 0.220. The van der Waals surface area contributed by atoms with Gasteiger partial charge in [0, 0.05) is 19.4 Å². The van der Waals surface area contributed by atoms with Gasteiger partial charge in [0.15, 0.2) is 0 Å². The standard InChI is InChI=1S/C16H16F3N3O/c1-22-9-8-20-14(22)13(10-6-7-10)21-15(23)11-4-2-3-5-12(11)16(17,18)19/h2-5,8-10,13H,6-7H2,1H3,(H,21,23)/t13-/m1/s1. The third-order valence-electron chi connectivity index (χ3n) is 3.99. The Morgan fingerprint density at radius 1 is 1.35 bits per heavy atom. The van der Waals surface area contributed by atoms with Crippen molar-refractivity contribution >= 4 is 5.91 Å². The fraction of sp³-hybridized carbons (Fsp3) is 0.375. The molecule has 0 saturated heterocycles. The predicted molar refractivity (Wildman–Crippen MR) is 77.6 cm³/mol. The van der Waals surface area contributed by atoms with Crippen molar-refractivity contribution in [3.63, 3.8) is 0 Å². The average Bonchev–Trinajstić information content (AvgIpc) is 3.26. The first-order valence-electron chi connectivity index (χ1n) is 7.32. The summed E-state index contributed by atoms with van der Waals surface area (Å²) in [6.45, 7) is 0. The first kappa shape index (κ1) is 15.6. The van der Waals surface area contributed by atoms with Gasteiger partial charge in [0.1, 0.15) is 5.82 Å². The highest BCUT2D eigenvalue weighted by Crippen LogP contribution is 2.41. The van der Waals surface area contributed by atoms with Crippen molar-refractivity contribution in [1.82, 2.24) is 14.9 Å². The van der Waals surface area contributed by atoms with Crippen molar-refractivity contribution in [2.45, 2.75) is 25.1 Å². The van der Waals surface area contributed by atoms with Gasteiger partial charge in [-0.15, -0.1) is 0 Å². The first-order valence-corrected chi connectivity index (χ1v) is 7.32. The zero-order valence-corrected chi connectivity index (χ0v) is 12.5. The smallest absolute Gasteiger partial charge is 0.342 e. The number of carbonyl (C=O) groups excluding carboxylic acids is 1. The monoisotopic (exact) mass is 323 g/mol. The molecule has 0 radical (unpaired) electrons. The molecular weight excluding hydrogens is 307 g/mol. The van der Waals surface area contributed by atoms with Gasteiger partial charge in [-0.2, -0.15) is 13.2 Å². The van der Waals surface area contributed by atoms with Crippen molar-refractivity contribution < 1.29 is 18.0 Å². The Kier molecular flexibility index (Phi) is 3.87. The number of amides is 1. The van der Waals surface area contributed by atoms with E-state index in [0.29, 0.717) is 5.82 Å². The maximum absolute atomic E-state index is 13.1. The van der Waals surface area contributed by atoms with Gasteiger partial charge in [-0.05, 0) is 30.9 Å². The van der Waals surface area contributed by atoms with Crippen molar-refractivity contribution in [3.05, 3.63) is 53.6 Å². The number of hydrogen-bond donors (Lipinski definition) is 1. The van der Waals surface area contributed by atoms with E-state index in [-0.39, 0.29) is 17.5 Å². The molecule has 0 aliphatic heterocycles. The highest BCUT2D eigenvalue weighted by Gasteiger charge is 2.38. The Bertz CT molecular complexity index is 719. The lowest BCUT2D eigenvalue weighted by atomic mass is 10.0. The summed E-state index contributed by atoms with van der Waals surface area (Å²) >= 11 is 0. The summed E-state index contributed by atoms with van der Waals surface area (Å²) in [5.41, 5.74) is -1.29. The first-order chi connectivity index (χ1) is 10.9. The molecule has 0 unspecified atom stereocenters. The molecule has 1 atom stereocenters. The molecule has 4 nitrogen and oxygen atoms in total. The molecule has 1 aliphatic carbocycles. The molecule has 3 rings (SSSR count). The van der Waals surface area contributed by atoms with E-state index in [2.05, 4.69) is 10.3 Å². The molecule has 1 fully saturated rings. The number of nitrogens with one attached hydrogen (secondary N) is 1. The van der Waals surface area contributed by atoms with E-state index >= 15 is 0 Å². The number of alkyl halides is 3. The van der Waals surface area contributed by atoms with Crippen molar-refractivity contribution in [3.8, 4) is 0 Å². The van der Waals surface area contributed by atoms with Crippen LogP contribution in [0.1, 0.15) is 40.6 Å². The Morgan fingerprint density at radius 3 is 2.61 bits per heavy atom. The molecule has 1 amide bonds. The molecule has 7 heteroatoms. The molecule has 0 bridgehead atoms. The van der Waals surface area contributed by atoms with Gasteiger partial charge in [-0.3, -0.25) is 4.79 Å². The maximum atomic E-state index is 13.1. The number of carbonyl (C=O) groups is 1. The van der Waals surface area contributed by atoms with Gasteiger partial charge in [0.2, 0.25) is 0 Å². The summed E-state index contributed by atoms with van der Waals surface area (Å²) in [7, 11) is 1.80. The number of rotatable bonds is 4. The number of aryl methyl sites for hydroxylation is 1. The van der Waals surface area contributed by atoms with Gasteiger partial charge in [-0.1, -0.05) is 12.1 Å². The molecule has 0 spiro atoms. The normalized spacial score (nSPS) is 16.2.